The molecule has 3 aromatic rings. The number of amides is 2. The minimum absolute atomic E-state index is 0.0674. The third-order valence-corrected chi connectivity index (χ3v) is 5.73. The molecule has 0 saturated heterocycles. The number of carbonyl (C=O) groups is 2. The number of nitrogens with zero attached hydrogens (tertiary/aromatic N) is 6. The minimum Gasteiger partial charge on any atom is -0.352 e. The van der Waals surface area contributed by atoms with Crippen molar-refractivity contribution in [3.05, 3.63) is 41.6 Å². The Bertz CT molecular complexity index is 1300. The van der Waals surface area contributed by atoms with Crippen LogP contribution in [-0.2, 0) is 24.4 Å². The Labute approximate surface area is 203 Å². The average Bonchev–Trinajstić information content (AvgIpc) is 3.45. The Morgan fingerprint density at radius 2 is 1.86 bits per heavy atom. The van der Waals surface area contributed by atoms with Gasteiger partial charge >= 0.3 is 18.0 Å². The highest BCUT2D eigenvalue weighted by Crippen LogP contribution is 2.55. The third kappa shape index (κ3) is 5.80. The summed E-state index contributed by atoms with van der Waals surface area (Å²) in [5.41, 5.74) is 0.946. The first-order chi connectivity index (χ1) is 17.2. The van der Waals surface area contributed by atoms with E-state index in [9.17, 15) is 40.3 Å². The Hall–Kier alpha value is -3.79. The number of fused-ring (bicyclic) bond motifs is 1. The van der Waals surface area contributed by atoms with Crippen molar-refractivity contribution in [2.45, 2.75) is 56.9 Å². The second-order valence-corrected chi connectivity index (χ2v) is 8.50. The van der Waals surface area contributed by atoms with E-state index in [2.05, 4.69) is 31.0 Å². The van der Waals surface area contributed by atoms with E-state index >= 15 is 0 Å². The van der Waals surface area contributed by atoms with Crippen LogP contribution >= 0.6 is 0 Å². The molecular formula is C20H19F7N8O2. The van der Waals surface area contributed by atoms with Crippen molar-refractivity contribution >= 4 is 17.5 Å². The maximum absolute atomic E-state index is 13.6. The first-order valence-electron chi connectivity index (χ1n) is 10.8. The first-order valence-corrected chi connectivity index (χ1v) is 10.8. The Morgan fingerprint density at radius 3 is 2.54 bits per heavy atom. The van der Waals surface area contributed by atoms with Crippen LogP contribution in [0.1, 0.15) is 41.0 Å². The van der Waals surface area contributed by atoms with Crippen molar-refractivity contribution in [2.24, 2.45) is 5.92 Å². The zero-order valence-electron chi connectivity index (χ0n) is 18.8. The zero-order chi connectivity index (χ0) is 27.0. The molecule has 0 aromatic carbocycles. The van der Waals surface area contributed by atoms with Gasteiger partial charge in [0, 0.05) is 19.4 Å². The molecule has 1 aliphatic carbocycles. The van der Waals surface area contributed by atoms with Crippen molar-refractivity contribution in [3.63, 3.8) is 0 Å². The summed E-state index contributed by atoms with van der Waals surface area (Å²) in [4.78, 5) is 28.3. The van der Waals surface area contributed by atoms with Crippen LogP contribution in [0.25, 0.3) is 5.65 Å². The van der Waals surface area contributed by atoms with E-state index in [0.717, 1.165) is 10.9 Å². The lowest BCUT2D eigenvalue weighted by molar-refractivity contribution is -0.316. The highest BCUT2D eigenvalue weighted by molar-refractivity contribution is 5.92. The quantitative estimate of drug-likeness (QED) is 0.406. The summed E-state index contributed by atoms with van der Waals surface area (Å²) in [6.07, 6.45) is -3.52. The molecule has 1 saturated carbocycles. The van der Waals surface area contributed by atoms with Gasteiger partial charge in [-0.1, -0.05) is 5.21 Å². The lowest BCUT2D eigenvalue weighted by Gasteiger charge is -2.43. The standard InChI is InChI=1S/C20H19F7N8O2/c21-18(22)4-12(20(18,26)27)9-34-14(8-30-33-34)17(37)29-7-13-10-35-15(32-13)3-11(6-31-35)5-28-16(36)1-2-19(23,24)25/h3,6,8,10,12H,1-2,4-5,7,9H2,(H,28,36)(H,29,37). The predicted molar refractivity (Wildman–Crippen MR) is 109 cm³/mol. The summed E-state index contributed by atoms with van der Waals surface area (Å²) in [6, 6.07) is 1.54. The number of halogens is 7. The molecule has 17 heteroatoms. The zero-order valence-corrected chi connectivity index (χ0v) is 18.8. The number of hydrogen-bond donors (Lipinski definition) is 2. The van der Waals surface area contributed by atoms with Gasteiger partial charge in [0.1, 0.15) is 5.69 Å². The molecule has 2 N–H and O–H groups in total. The number of imidazole rings is 1. The van der Waals surface area contributed by atoms with E-state index in [0.29, 0.717) is 16.9 Å². The van der Waals surface area contributed by atoms with Gasteiger partial charge in [-0.25, -0.2) is 14.2 Å². The molecule has 1 fully saturated rings. The molecule has 0 aliphatic heterocycles. The van der Waals surface area contributed by atoms with Gasteiger partial charge in [-0.2, -0.15) is 35.8 Å². The van der Waals surface area contributed by atoms with Crippen LogP contribution in [0.15, 0.2) is 24.7 Å². The monoisotopic (exact) mass is 536 g/mol. The van der Waals surface area contributed by atoms with Gasteiger partial charge in [-0.15, -0.1) is 5.10 Å². The first kappa shape index (κ1) is 26.3. The lowest BCUT2D eigenvalue weighted by atomic mass is 9.76. The maximum Gasteiger partial charge on any atom is 0.389 e. The number of aromatic nitrogens is 6. The summed E-state index contributed by atoms with van der Waals surface area (Å²) >= 11 is 0. The van der Waals surface area contributed by atoms with Gasteiger partial charge in [0.2, 0.25) is 5.91 Å². The highest BCUT2D eigenvalue weighted by Gasteiger charge is 2.71. The Balaban J connectivity index is 1.32. The lowest BCUT2D eigenvalue weighted by Crippen LogP contribution is -2.60. The van der Waals surface area contributed by atoms with Crippen LogP contribution in [0.2, 0.25) is 0 Å². The van der Waals surface area contributed by atoms with E-state index < -0.39 is 61.6 Å². The minimum atomic E-state index is -4.43. The average molecular weight is 536 g/mol. The molecule has 1 aliphatic rings. The molecule has 10 nitrogen and oxygen atoms in total. The van der Waals surface area contributed by atoms with E-state index in [4.69, 9.17) is 0 Å². The van der Waals surface area contributed by atoms with Gasteiger partial charge in [0.25, 0.3) is 5.91 Å². The van der Waals surface area contributed by atoms with E-state index in [1.165, 1.54) is 23.0 Å². The second kappa shape index (κ2) is 9.59. The Kier molecular flexibility index (Phi) is 6.81. The fourth-order valence-electron chi connectivity index (χ4n) is 3.65. The molecule has 0 bridgehead atoms. The third-order valence-electron chi connectivity index (χ3n) is 5.73. The van der Waals surface area contributed by atoms with Crippen molar-refractivity contribution in [1.82, 2.24) is 40.2 Å². The number of carbonyl (C=O) groups excluding carboxylic acids is 2. The smallest absolute Gasteiger partial charge is 0.352 e. The second-order valence-electron chi connectivity index (χ2n) is 8.50. The number of hydrogen-bond acceptors (Lipinski definition) is 6. The summed E-state index contributed by atoms with van der Waals surface area (Å²) < 4.78 is 92.1. The molecule has 1 unspecified atom stereocenters. The fourth-order valence-corrected chi connectivity index (χ4v) is 3.65. The molecule has 1 atom stereocenters. The SMILES string of the molecule is O=C(CCC(F)(F)F)NCc1cnn2cc(CNC(=O)c3cnnn3CC3CC(F)(F)C3(F)F)nc2c1. The molecule has 37 heavy (non-hydrogen) atoms. The number of rotatable bonds is 9. The predicted octanol–water partition coefficient (Wildman–Crippen LogP) is 2.50. The van der Waals surface area contributed by atoms with Gasteiger partial charge < -0.3 is 10.6 Å². The fraction of sp³-hybridized carbons (Fsp3) is 0.500. The summed E-state index contributed by atoms with van der Waals surface area (Å²) in [7, 11) is 0. The maximum atomic E-state index is 13.6. The van der Waals surface area contributed by atoms with Crippen molar-refractivity contribution < 1.29 is 40.3 Å². The van der Waals surface area contributed by atoms with E-state index in [1.54, 1.807) is 0 Å². The van der Waals surface area contributed by atoms with Crippen LogP contribution < -0.4 is 10.6 Å². The summed E-state index contributed by atoms with van der Waals surface area (Å²) in [6.45, 7) is -0.796. The molecule has 2 amide bonds. The molecule has 3 heterocycles. The van der Waals surface area contributed by atoms with Crippen LogP contribution in [0.4, 0.5) is 30.7 Å². The van der Waals surface area contributed by atoms with Crippen molar-refractivity contribution in [3.8, 4) is 0 Å². The van der Waals surface area contributed by atoms with Crippen LogP contribution in [-0.4, -0.2) is 59.4 Å². The summed E-state index contributed by atoms with van der Waals surface area (Å²) in [5, 5.41) is 16.0. The van der Waals surface area contributed by atoms with Crippen molar-refractivity contribution in [1.29, 1.82) is 0 Å². The van der Waals surface area contributed by atoms with Gasteiger partial charge in [-0.3, -0.25) is 9.59 Å². The van der Waals surface area contributed by atoms with Crippen LogP contribution in [0.5, 0.6) is 0 Å². The molecule has 0 radical (unpaired) electrons. The molecule has 0 spiro atoms. The van der Waals surface area contributed by atoms with Gasteiger partial charge in [0.15, 0.2) is 5.65 Å². The number of nitrogens with one attached hydrogen (secondary N) is 2. The van der Waals surface area contributed by atoms with Gasteiger partial charge in [0.05, 0.1) is 49.7 Å². The van der Waals surface area contributed by atoms with Crippen LogP contribution in [0.3, 0.4) is 0 Å². The Morgan fingerprint density at radius 1 is 1.11 bits per heavy atom. The number of alkyl halides is 7. The van der Waals surface area contributed by atoms with E-state index in [1.807, 2.05) is 0 Å². The molecule has 4 rings (SSSR count). The van der Waals surface area contributed by atoms with E-state index in [-0.39, 0.29) is 18.8 Å². The largest absolute Gasteiger partial charge is 0.389 e. The summed E-state index contributed by atoms with van der Waals surface area (Å²) in [5.74, 6) is -11.5. The topological polar surface area (TPSA) is 119 Å². The highest BCUT2D eigenvalue weighted by atomic mass is 19.4. The normalized spacial score (nSPS) is 18.4. The molecular weight excluding hydrogens is 517 g/mol. The molecule has 3 aromatic heterocycles. The van der Waals surface area contributed by atoms with Gasteiger partial charge in [-0.05, 0) is 11.6 Å². The van der Waals surface area contributed by atoms with Crippen LogP contribution in [0, 0.1) is 5.92 Å². The van der Waals surface area contributed by atoms with Crippen molar-refractivity contribution in [2.75, 3.05) is 0 Å². The molecule has 200 valence electrons.